The second-order valence-corrected chi connectivity index (χ2v) is 6.51. The smallest absolute Gasteiger partial charge is 0.329 e. The summed E-state index contributed by atoms with van der Waals surface area (Å²) in [4.78, 5) is 28.0. The summed E-state index contributed by atoms with van der Waals surface area (Å²) in [7, 11) is 0. The summed E-state index contributed by atoms with van der Waals surface area (Å²) in [5.74, 6) is -0.450. The molecule has 0 radical (unpaired) electrons. The van der Waals surface area contributed by atoms with E-state index in [0.717, 1.165) is 25.8 Å². The summed E-state index contributed by atoms with van der Waals surface area (Å²) in [6.07, 6.45) is 3.95. The van der Waals surface area contributed by atoms with Crippen molar-refractivity contribution in [3.8, 4) is 0 Å². The van der Waals surface area contributed by atoms with E-state index in [1.54, 1.807) is 4.90 Å². The summed E-state index contributed by atoms with van der Waals surface area (Å²) >= 11 is 0. The van der Waals surface area contributed by atoms with Crippen LogP contribution in [-0.2, 0) is 4.79 Å². The van der Waals surface area contributed by atoms with Crippen molar-refractivity contribution in [2.45, 2.75) is 64.5 Å². The van der Waals surface area contributed by atoms with Gasteiger partial charge < -0.3 is 14.9 Å². The molecule has 0 aromatic carbocycles. The molecule has 1 heterocycles. The number of nitrogens with zero attached hydrogens (tertiary/aromatic N) is 2. The van der Waals surface area contributed by atoms with Crippen LogP contribution in [0.4, 0.5) is 4.79 Å². The minimum atomic E-state index is -0.985. The minimum absolute atomic E-state index is 0.0667. The molecule has 1 aliphatic heterocycles. The molecule has 0 aromatic rings. The molecule has 1 atom stereocenters. The van der Waals surface area contributed by atoms with Crippen molar-refractivity contribution in [1.82, 2.24) is 9.80 Å². The van der Waals surface area contributed by atoms with Gasteiger partial charge >= 0.3 is 12.0 Å². The van der Waals surface area contributed by atoms with Crippen LogP contribution >= 0.6 is 0 Å². The Morgan fingerprint density at radius 3 is 2.50 bits per heavy atom. The molecule has 5 heteroatoms. The number of hydrogen-bond donors (Lipinski definition) is 1. The lowest BCUT2D eigenvalue weighted by Crippen LogP contribution is -2.57. The first kappa shape index (κ1) is 15.1. The zero-order chi connectivity index (χ0) is 14.9. The highest BCUT2D eigenvalue weighted by molar-refractivity contribution is 5.87. The first-order chi connectivity index (χ1) is 9.42. The summed E-state index contributed by atoms with van der Waals surface area (Å²) in [5.41, 5.74) is -0.985. The van der Waals surface area contributed by atoms with Gasteiger partial charge in [-0.1, -0.05) is 20.8 Å². The van der Waals surface area contributed by atoms with Crippen molar-refractivity contribution in [2.24, 2.45) is 5.92 Å². The van der Waals surface area contributed by atoms with Gasteiger partial charge in [0.1, 0.15) is 5.54 Å². The number of carboxylic acids is 1. The largest absolute Gasteiger partial charge is 0.479 e. The molecular formula is C15H26N2O3. The third-order valence-electron chi connectivity index (χ3n) is 4.50. The third-order valence-corrected chi connectivity index (χ3v) is 4.50. The van der Waals surface area contributed by atoms with Gasteiger partial charge in [0.05, 0.1) is 0 Å². The van der Waals surface area contributed by atoms with Gasteiger partial charge in [0.25, 0.3) is 0 Å². The number of carbonyl (C=O) groups is 2. The number of urea groups is 1. The number of carbonyl (C=O) groups excluding carboxylic acids is 1. The van der Waals surface area contributed by atoms with Crippen LogP contribution in [0.15, 0.2) is 0 Å². The molecule has 1 saturated carbocycles. The van der Waals surface area contributed by atoms with Gasteiger partial charge in [-0.05, 0) is 38.0 Å². The molecule has 2 rings (SSSR count). The average Bonchev–Trinajstić information content (AvgIpc) is 3.13. The molecule has 0 spiro atoms. The molecule has 2 amide bonds. The van der Waals surface area contributed by atoms with Crippen LogP contribution < -0.4 is 0 Å². The lowest BCUT2D eigenvalue weighted by molar-refractivity contribution is -0.148. The van der Waals surface area contributed by atoms with Crippen molar-refractivity contribution in [1.29, 1.82) is 0 Å². The van der Waals surface area contributed by atoms with Gasteiger partial charge in [0.15, 0.2) is 0 Å². The molecular weight excluding hydrogens is 256 g/mol. The fourth-order valence-corrected chi connectivity index (χ4v) is 3.22. The van der Waals surface area contributed by atoms with Crippen molar-refractivity contribution < 1.29 is 14.7 Å². The molecule has 114 valence electrons. The molecule has 0 bridgehead atoms. The molecule has 20 heavy (non-hydrogen) atoms. The molecule has 2 fully saturated rings. The van der Waals surface area contributed by atoms with Gasteiger partial charge in [-0.25, -0.2) is 9.59 Å². The zero-order valence-electron chi connectivity index (χ0n) is 12.8. The molecule has 0 aromatic heterocycles. The van der Waals surface area contributed by atoms with Crippen LogP contribution in [0.25, 0.3) is 0 Å². The summed E-state index contributed by atoms with van der Waals surface area (Å²) in [6.45, 7) is 7.34. The van der Waals surface area contributed by atoms with Gasteiger partial charge in [0, 0.05) is 19.1 Å². The molecule has 1 saturated heterocycles. The Bertz CT molecular complexity index is 393. The van der Waals surface area contributed by atoms with E-state index in [-0.39, 0.29) is 6.03 Å². The number of aliphatic carboxylic acids is 1. The Kier molecular flexibility index (Phi) is 4.25. The standard InChI is InChI=1S/C15H26N2O3/c1-4-15(13(18)19)8-5-9-17(15)14(20)16(10-11(2)3)12-6-7-12/h11-12H,4-10H2,1-3H3,(H,18,19). The Balaban J connectivity index is 2.19. The maximum absolute atomic E-state index is 12.8. The second kappa shape index (κ2) is 5.62. The van der Waals surface area contributed by atoms with Crippen molar-refractivity contribution >= 4 is 12.0 Å². The number of hydrogen-bond acceptors (Lipinski definition) is 2. The van der Waals surface area contributed by atoms with E-state index >= 15 is 0 Å². The monoisotopic (exact) mass is 282 g/mol. The first-order valence-corrected chi connectivity index (χ1v) is 7.74. The zero-order valence-corrected chi connectivity index (χ0v) is 12.8. The van der Waals surface area contributed by atoms with E-state index in [2.05, 4.69) is 13.8 Å². The van der Waals surface area contributed by atoms with Gasteiger partial charge in [-0.2, -0.15) is 0 Å². The summed E-state index contributed by atoms with van der Waals surface area (Å²) < 4.78 is 0. The highest BCUT2D eigenvalue weighted by Crippen LogP contribution is 2.36. The molecule has 2 aliphatic rings. The Morgan fingerprint density at radius 1 is 1.40 bits per heavy atom. The first-order valence-electron chi connectivity index (χ1n) is 7.74. The predicted molar refractivity (Wildman–Crippen MR) is 76.6 cm³/mol. The van der Waals surface area contributed by atoms with Gasteiger partial charge in [0.2, 0.25) is 0 Å². The maximum atomic E-state index is 12.8. The van der Waals surface area contributed by atoms with Crippen molar-refractivity contribution in [3.05, 3.63) is 0 Å². The van der Waals surface area contributed by atoms with Crippen LogP contribution in [0.1, 0.15) is 52.9 Å². The van der Waals surface area contributed by atoms with Crippen LogP contribution in [0.2, 0.25) is 0 Å². The highest BCUT2D eigenvalue weighted by atomic mass is 16.4. The second-order valence-electron chi connectivity index (χ2n) is 6.51. The van der Waals surface area contributed by atoms with Crippen LogP contribution in [-0.4, -0.2) is 51.6 Å². The maximum Gasteiger partial charge on any atom is 0.329 e. The molecule has 5 nitrogen and oxygen atoms in total. The fraction of sp³-hybridized carbons (Fsp3) is 0.867. The van der Waals surface area contributed by atoms with Crippen molar-refractivity contribution in [3.63, 3.8) is 0 Å². The van der Waals surface area contributed by atoms with E-state index < -0.39 is 11.5 Å². The lowest BCUT2D eigenvalue weighted by Gasteiger charge is -2.38. The quantitative estimate of drug-likeness (QED) is 0.843. The average molecular weight is 282 g/mol. The van der Waals surface area contributed by atoms with Gasteiger partial charge in [-0.3, -0.25) is 0 Å². The van der Waals surface area contributed by atoms with E-state index in [4.69, 9.17) is 0 Å². The van der Waals surface area contributed by atoms with E-state index in [1.807, 2.05) is 11.8 Å². The van der Waals surface area contributed by atoms with E-state index in [1.165, 1.54) is 0 Å². The molecule has 1 unspecified atom stereocenters. The minimum Gasteiger partial charge on any atom is -0.479 e. The van der Waals surface area contributed by atoms with E-state index in [0.29, 0.717) is 31.3 Å². The number of carboxylic acid groups (broad SMARTS) is 1. The van der Waals surface area contributed by atoms with E-state index in [9.17, 15) is 14.7 Å². The van der Waals surface area contributed by atoms with Crippen LogP contribution in [0.3, 0.4) is 0 Å². The van der Waals surface area contributed by atoms with Gasteiger partial charge in [-0.15, -0.1) is 0 Å². The Morgan fingerprint density at radius 2 is 2.05 bits per heavy atom. The van der Waals surface area contributed by atoms with Crippen molar-refractivity contribution in [2.75, 3.05) is 13.1 Å². The Labute approximate surface area is 120 Å². The molecule has 1 aliphatic carbocycles. The normalized spacial score (nSPS) is 26.1. The fourth-order valence-electron chi connectivity index (χ4n) is 3.22. The number of rotatable bonds is 5. The highest BCUT2D eigenvalue weighted by Gasteiger charge is 2.50. The van der Waals surface area contributed by atoms with Crippen LogP contribution in [0, 0.1) is 5.92 Å². The topological polar surface area (TPSA) is 60.9 Å². The third kappa shape index (κ3) is 2.63. The number of amides is 2. The number of likely N-dealkylation sites (tertiary alicyclic amines) is 1. The SMILES string of the molecule is CCC1(C(=O)O)CCCN1C(=O)N(CC(C)C)C1CC1. The lowest BCUT2D eigenvalue weighted by atomic mass is 9.93. The summed E-state index contributed by atoms with van der Waals surface area (Å²) in [5, 5.41) is 9.59. The molecule has 1 N–H and O–H groups in total. The summed E-state index contributed by atoms with van der Waals surface area (Å²) in [6, 6.07) is 0.261. The Hall–Kier alpha value is -1.26. The predicted octanol–water partition coefficient (Wildman–Crippen LogP) is 2.56. The van der Waals surface area contributed by atoms with Crippen LogP contribution in [0.5, 0.6) is 0 Å².